The molecule has 1 heterocycles. The van der Waals surface area contributed by atoms with Crippen LogP contribution in [-0.2, 0) is 13.0 Å². The smallest absolute Gasteiger partial charge is 0.254 e. The highest BCUT2D eigenvalue weighted by Crippen LogP contribution is 2.20. The summed E-state index contributed by atoms with van der Waals surface area (Å²) in [5.74, 6) is 0.0985. The van der Waals surface area contributed by atoms with Crippen molar-refractivity contribution in [2.45, 2.75) is 58.0 Å². The number of amides is 1. The molecule has 2 aromatic rings. The first kappa shape index (κ1) is 21.1. The molecule has 1 fully saturated rings. The van der Waals surface area contributed by atoms with Gasteiger partial charge >= 0.3 is 0 Å². The summed E-state index contributed by atoms with van der Waals surface area (Å²) >= 11 is 0. The zero-order chi connectivity index (χ0) is 20.5. The number of carbonyl (C=O) groups is 1. The lowest BCUT2D eigenvalue weighted by Gasteiger charge is -2.35. The molecular formula is C25H31N3O. The van der Waals surface area contributed by atoms with Crippen LogP contribution in [0.4, 0.5) is 0 Å². The van der Waals surface area contributed by atoms with Gasteiger partial charge in [-0.05, 0) is 74.2 Å². The number of nitriles is 1. The number of carbonyl (C=O) groups excluding carboxylic acids is 1. The number of piperidine rings is 1. The highest BCUT2D eigenvalue weighted by Gasteiger charge is 2.26. The number of hydrogen-bond donors (Lipinski definition) is 1. The Morgan fingerprint density at radius 3 is 2.31 bits per heavy atom. The number of aryl methyl sites for hydroxylation is 1. The Bertz CT molecular complexity index is 815. The number of unbranched alkanes of at least 4 members (excludes halogenated alkanes) is 2. The van der Waals surface area contributed by atoms with Crippen LogP contribution in [0.2, 0.25) is 0 Å². The molecule has 29 heavy (non-hydrogen) atoms. The summed E-state index contributed by atoms with van der Waals surface area (Å²) in [5.41, 5.74) is 3.77. The molecule has 0 aromatic heterocycles. The maximum absolute atomic E-state index is 13.4. The first-order valence-electron chi connectivity index (χ1n) is 10.8. The fourth-order valence-electron chi connectivity index (χ4n) is 3.93. The first-order chi connectivity index (χ1) is 14.2. The van der Waals surface area contributed by atoms with Crippen molar-refractivity contribution in [2.24, 2.45) is 0 Å². The minimum atomic E-state index is 0.0985. The molecule has 1 amide bonds. The van der Waals surface area contributed by atoms with Crippen molar-refractivity contribution >= 4 is 5.91 Å². The van der Waals surface area contributed by atoms with Gasteiger partial charge in [-0.2, -0.15) is 5.26 Å². The van der Waals surface area contributed by atoms with Gasteiger partial charge in [-0.15, -0.1) is 0 Å². The lowest BCUT2D eigenvalue weighted by Crippen LogP contribution is -2.45. The van der Waals surface area contributed by atoms with Crippen LogP contribution in [0.1, 0.15) is 66.1 Å². The van der Waals surface area contributed by atoms with Crippen molar-refractivity contribution in [3.8, 4) is 6.07 Å². The average Bonchev–Trinajstić information content (AvgIpc) is 2.79. The van der Waals surface area contributed by atoms with Crippen LogP contribution in [0.5, 0.6) is 0 Å². The Morgan fingerprint density at radius 2 is 1.69 bits per heavy atom. The molecule has 0 unspecified atom stereocenters. The van der Waals surface area contributed by atoms with Crippen molar-refractivity contribution in [2.75, 3.05) is 13.1 Å². The topological polar surface area (TPSA) is 56.1 Å². The number of nitrogens with one attached hydrogen (secondary N) is 1. The highest BCUT2D eigenvalue weighted by molar-refractivity contribution is 5.94. The Balaban J connectivity index is 1.75. The molecule has 0 aliphatic carbocycles. The van der Waals surface area contributed by atoms with E-state index in [4.69, 9.17) is 5.26 Å². The minimum absolute atomic E-state index is 0.0985. The van der Waals surface area contributed by atoms with Crippen molar-refractivity contribution in [3.05, 3.63) is 70.8 Å². The minimum Gasteiger partial charge on any atom is -0.331 e. The molecule has 0 bridgehead atoms. The summed E-state index contributed by atoms with van der Waals surface area (Å²) in [7, 11) is 0. The van der Waals surface area contributed by atoms with Gasteiger partial charge in [0.1, 0.15) is 0 Å². The van der Waals surface area contributed by atoms with Gasteiger partial charge in [0.25, 0.3) is 5.91 Å². The second-order valence-corrected chi connectivity index (χ2v) is 7.88. The summed E-state index contributed by atoms with van der Waals surface area (Å²) in [4.78, 5) is 15.4. The lowest BCUT2D eigenvalue weighted by molar-refractivity contribution is 0.0623. The Hall–Kier alpha value is -2.64. The maximum atomic E-state index is 13.4. The van der Waals surface area contributed by atoms with Gasteiger partial charge in [0.05, 0.1) is 11.6 Å². The van der Waals surface area contributed by atoms with E-state index in [1.54, 1.807) is 0 Å². The normalized spacial score (nSPS) is 14.3. The van der Waals surface area contributed by atoms with E-state index in [-0.39, 0.29) is 11.9 Å². The van der Waals surface area contributed by atoms with E-state index in [9.17, 15) is 4.79 Å². The fraction of sp³-hybridized carbons (Fsp3) is 0.440. The molecule has 1 saturated heterocycles. The quantitative estimate of drug-likeness (QED) is 0.667. The molecule has 4 nitrogen and oxygen atoms in total. The van der Waals surface area contributed by atoms with Crippen LogP contribution in [0.15, 0.2) is 48.5 Å². The van der Waals surface area contributed by atoms with Gasteiger partial charge in [-0.1, -0.05) is 44.0 Å². The lowest BCUT2D eigenvalue weighted by atomic mass is 10.0. The predicted molar refractivity (Wildman–Crippen MR) is 117 cm³/mol. The Kier molecular flexibility index (Phi) is 7.84. The first-order valence-corrected chi connectivity index (χ1v) is 10.8. The van der Waals surface area contributed by atoms with Crippen molar-refractivity contribution in [3.63, 3.8) is 0 Å². The zero-order valence-electron chi connectivity index (χ0n) is 17.4. The van der Waals surface area contributed by atoms with E-state index in [2.05, 4.69) is 30.4 Å². The second-order valence-electron chi connectivity index (χ2n) is 7.88. The van der Waals surface area contributed by atoms with Gasteiger partial charge in [0.2, 0.25) is 0 Å². The molecule has 0 saturated carbocycles. The molecule has 0 atom stereocenters. The maximum Gasteiger partial charge on any atom is 0.254 e. The van der Waals surface area contributed by atoms with Gasteiger partial charge in [-0.25, -0.2) is 0 Å². The highest BCUT2D eigenvalue weighted by atomic mass is 16.2. The molecule has 1 aliphatic rings. The van der Waals surface area contributed by atoms with Crippen molar-refractivity contribution in [1.29, 1.82) is 5.26 Å². The third kappa shape index (κ3) is 5.92. The molecule has 0 spiro atoms. The summed E-state index contributed by atoms with van der Waals surface area (Å²) in [6, 6.07) is 18.1. The molecule has 3 rings (SSSR count). The largest absolute Gasteiger partial charge is 0.331 e. The van der Waals surface area contributed by atoms with Gasteiger partial charge in [-0.3, -0.25) is 4.79 Å². The molecule has 1 N–H and O–H groups in total. The van der Waals surface area contributed by atoms with E-state index < -0.39 is 0 Å². The van der Waals surface area contributed by atoms with E-state index in [1.807, 2.05) is 41.3 Å². The number of rotatable bonds is 8. The summed E-state index contributed by atoms with van der Waals surface area (Å²) in [6.07, 6.45) is 6.68. The summed E-state index contributed by atoms with van der Waals surface area (Å²) < 4.78 is 0. The van der Waals surface area contributed by atoms with Crippen LogP contribution in [0, 0.1) is 11.3 Å². The van der Waals surface area contributed by atoms with Crippen molar-refractivity contribution < 1.29 is 4.79 Å². The second kappa shape index (κ2) is 10.8. The molecule has 152 valence electrons. The molecule has 2 aromatic carbocycles. The third-order valence-electron chi connectivity index (χ3n) is 5.72. The predicted octanol–water partition coefficient (Wildman–Crippen LogP) is 4.69. The monoisotopic (exact) mass is 389 g/mol. The third-order valence-corrected chi connectivity index (χ3v) is 5.72. The molecule has 0 radical (unpaired) electrons. The van der Waals surface area contributed by atoms with Crippen LogP contribution in [0.25, 0.3) is 0 Å². The number of nitrogens with zero attached hydrogens (tertiary/aromatic N) is 2. The Morgan fingerprint density at radius 1 is 1.03 bits per heavy atom. The van der Waals surface area contributed by atoms with Crippen LogP contribution in [-0.4, -0.2) is 29.9 Å². The SMILES string of the molecule is CCCCCc1ccc(C(=O)N(Cc2ccc(C#N)cc2)C2CCNCC2)cc1. The van der Waals surface area contributed by atoms with E-state index in [1.165, 1.54) is 24.8 Å². The van der Waals surface area contributed by atoms with E-state index >= 15 is 0 Å². The zero-order valence-corrected chi connectivity index (χ0v) is 17.4. The number of hydrogen-bond acceptors (Lipinski definition) is 3. The average molecular weight is 390 g/mol. The standard InChI is InChI=1S/C25H31N3O/c1-2-3-4-5-20-10-12-23(13-11-20)25(29)28(24-14-16-27-17-15-24)19-22-8-6-21(18-26)7-9-22/h6-13,24,27H,2-5,14-17,19H2,1H3. The van der Waals surface area contributed by atoms with E-state index in [0.29, 0.717) is 12.1 Å². The van der Waals surface area contributed by atoms with Gasteiger partial charge in [0.15, 0.2) is 0 Å². The summed E-state index contributed by atoms with van der Waals surface area (Å²) in [5, 5.41) is 12.4. The van der Waals surface area contributed by atoms with Crippen LogP contribution in [0.3, 0.4) is 0 Å². The Labute approximate surface area is 174 Å². The molecular weight excluding hydrogens is 358 g/mol. The van der Waals surface area contributed by atoms with Gasteiger partial charge < -0.3 is 10.2 Å². The molecule has 1 aliphatic heterocycles. The summed E-state index contributed by atoms with van der Waals surface area (Å²) in [6.45, 7) is 4.68. The van der Waals surface area contributed by atoms with Gasteiger partial charge in [0, 0.05) is 18.2 Å². The number of benzene rings is 2. The molecule has 4 heteroatoms. The van der Waals surface area contributed by atoms with Crippen molar-refractivity contribution in [1.82, 2.24) is 10.2 Å². The van der Waals surface area contributed by atoms with E-state index in [0.717, 1.165) is 43.5 Å². The van der Waals surface area contributed by atoms with Crippen LogP contribution < -0.4 is 5.32 Å². The van der Waals surface area contributed by atoms with Crippen LogP contribution >= 0.6 is 0 Å². The fourth-order valence-corrected chi connectivity index (χ4v) is 3.93.